The third-order valence-electron chi connectivity index (χ3n) is 0.815. The fourth-order valence-electron chi connectivity index (χ4n) is 0.464. The minimum absolute atomic E-state index is 0.255. The molecule has 0 aliphatic carbocycles. The first-order chi connectivity index (χ1) is 2.89. The van der Waals surface area contributed by atoms with Crippen molar-refractivity contribution in [3.8, 4) is 0 Å². The first-order valence-corrected chi connectivity index (χ1v) is 2.05. The minimum atomic E-state index is 0.255. The summed E-state index contributed by atoms with van der Waals surface area (Å²) in [5.41, 5.74) is 5.39. The predicted octanol–water partition coefficient (Wildman–Crippen LogP) is -0.569. The second-order valence-corrected chi connectivity index (χ2v) is 1.43. The Labute approximate surface area is 37.0 Å². The van der Waals surface area contributed by atoms with Gasteiger partial charge in [0.2, 0.25) is 0 Å². The Bertz CT molecular complexity index is 67.9. The average molecular weight is 84.1 g/mol. The summed E-state index contributed by atoms with van der Waals surface area (Å²) in [6, 6.07) is 0.255. The summed E-state index contributed by atoms with van der Waals surface area (Å²) in [6.07, 6.45) is 3.82. The molecule has 0 saturated heterocycles. The highest BCUT2D eigenvalue weighted by Gasteiger charge is 1.97. The lowest BCUT2D eigenvalue weighted by Gasteiger charge is -1.92. The quantitative estimate of drug-likeness (QED) is 0.412. The molecule has 6 heavy (non-hydrogen) atoms. The van der Waals surface area contributed by atoms with Crippen LogP contribution in [-0.4, -0.2) is 12.6 Å². The summed E-state index contributed by atoms with van der Waals surface area (Å²) in [5.74, 6) is 0. The highest BCUT2D eigenvalue weighted by Crippen LogP contribution is 1.84. The third kappa shape index (κ3) is 0.518. The zero-order valence-corrected chi connectivity index (χ0v) is 3.52. The molecule has 34 valence electrons. The molecule has 0 bridgehead atoms. The van der Waals surface area contributed by atoms with E-state index in [2.05, 4.69) is 5.32 Å². The van der Waals surface area contributed by atoms with Crippen LogP contribution in [0.25, 0.3) is 0 Å². The van der Waals surface area contributed by atoms with E-state index < -0.39 is 0 Å². The maximum atomic E-state index is 5.39. The molecule has 2 nitrogen and oxygen atoms in total. The van der Waals surface area contributed by atoms with Crippen molar-refractivity contribution in [2.45, 2.75) is 6.04 Å². The average Bonchev–Trinajstić information content (AvgIpc) is 1.86. The molecule has 0 saturated carbocycles. The van der Waals surface area contributed by atoms with E-state index in [-0.39, 0.29) is 6.04 Å². The fourth-order valence-corrected chi connectivity index (χ4v) is 0.464. The van der Waals surface area contributed by atoms with Gasteiger partial charge in [-0.3, -0.25) is 0 Å². The smallest absolute Gasteiger partial charge is 0.0416 e. The Morgan fingerprint density at radius 1 is 1.83 bits per heavy atom. The molecule has 1 aliphatic heterocycles. The van der Waals surface area contributed by atoms with Crippen LogP contribution in [0.5, 0.6) is 0 Å². The van der Waals surface area contributed by atoms with Gasteiger partial charge in [-0.25, -0.2) is 0 Å². The van der Waals surface area contributed by atoms with Crippen LogP contribution >= 0.6 is 0 Å². The number of nitrogens with one attached hydrogen (secondary N) is 1. The lowest BCUT2D eigenvalue weighted by molar-refractivity contribution is 0.795. The molecule has 3 N–H and O–H groups in total. The van der Waals surface area contributed by atoms with E-state index in [0.717, 1.165) is 6.54 Å². The molecule has 0 fully saturated rings. The van der Waals surface area contributed by atoms with Crippen LogP contribution in [0.2, 0.25) is 0 Å². The van der Waals surface area contributed by atoms with Crippen molar-refractivity contribution >= 4 is 0 Å². The van der Waals surface area contributed by atoms with Gasteiger partial charge in [0.15, 0.2) is 0 Å². The van der Waals surface area contributed by atoms with Gasteiger partial charge in [-0.2, -0.15) is 0 Å². The fraction of sp³-hybridized carbons (Fsp3) is 0.500. The van der Waals surface area contributed by atoms with Crippen LogP contribution in [0.4, 0.5) is 0 Å². The van der Waals surface area contributed by atoms with Crippen molar-refractivity contribution in [2.75, 3.05) is 6.54 Å². The monoisotopic (exact) mass is 84.1 g/mol. The Morgan fingerprint density at radius 3 is 2.83 bits per heavy atom. The van der Waals surface area contributed by atoms with Crippen molar-refractivity contribution in [2.24, 2.45) is 5.73 Å². The molecule has 1 heterocycles. The molecular formula is C4H8N2. The van der Waals surface area contributed by atoms with Crippen LogP contribution in [0.1, 0.15) is 0 Å². The van der Waals surface area contributed by atoms with Crippen molar-refractivity contribution in [1.29, 1.82) is 0 Å². The summed E-state index contributed by atoms with van der Waals surface area (Å²) in [4.78, 5) is 0. The lowest BCUT2D eigenvalue weighted by Crippen LogP contribution is -2.22. The first kappa shape index (κ1) is 3.68. The standard InChI is InChI=1S/C4H8N2/c5-4-1-2-6-3-4/h1-2,4,6H,3,5H2/t4-/m1/s1. The molecule has 1 atom stereocenters. The van der Waals surface area contributed by atoms with Gasteiger partial charge in [-0.05, 0) is 6.20 Å². The van der Waals surface area contributed by atoms with E-state index in [1.807, 2.05) is 12.3 Å². The summed E-state index contributed by atoms with van der Waals surface area (Å²) in [5, 5.41) is 2.97. The van der Waals surface area contributed by atoms with Gasteiger partial charge in [-0.15, -0.1) is 0 Å². The lowest BCUT2D eigenvalue weighted by atomic mass is 10.4. The SMILES string of the molecule is N[C@@H]1C=CNC1. The second-order valence-electron chi connectivity index (χ2n) is 1.43. The Kier molecular flexibility index (Phi) is 0.801. The molecule has 0 radical (unpaired) electrons. The van der Waals surface area contributed by atoms with Gasteiger partial charge in [0.05, 0.1) is 0 Å². The summed E-state index contributed by atoms with van der Waals surface area (Å²) in [7, 11) is 0. The molecule has 0 amide bonds. The summed E-state index contributed by atoms with van der Waals surface area (Å²) >= 11 is 0. The van der Waals surface area contributed by atoms with Crippen molar-refractivity contribution in [3.05, 3.63) is 12.3 Å². The highest BCUT2D eigenvalue weighted by atomic mass is 14.9. The topological polar surface area (TPSA) is 38.0 Å². The third-order valence-corrected chi connectivity index (χ3v) is 0.815. The normalized spacial score (nSPS) is 30.5. The maximum Gasteiger partial charge on any atom is 0.0416 e. The highest BCUT2D eigenvalue weighted by molar-refractivity contribution is 4.98. The van der Waals surface area contributed by atoms with Gasteiger partial charge in [0.1, 0.15) is 0 Å². The zero-order valence-electron chi connectivity index (χ0n) is 3.52. The van der Waals surface area contributed by atoms with Crippen LogP contribution in [0, 0.1) is 0 Å². The summed E-state index contributed by atoms with van der Waals surface area (Å²) in [6.45, 7) is 0.903. The van der Waals surface area contributed by atoms with E-state index >= 15 is 0 Å². The number of hydrogen-bond acceptors (Lipinski definition) is 2. The van der Waals surface area contributed by atoms with E-state index in [1.54, 1.807) is 0 Å². The molecule has 0 aromatic carbocycles. The largest absolute Gasteiger partial charge is 0.389 e. The van der Waals surface area contributed by atoms with E-state index in [9.17, 15) is 0 Å². The van der Waals surface area contributed by atoms with E-state index in [4.69, 9.17) is 5.73 Å². The Morgan fingerprint density at radius 2 is 2.67 bits per heavy atom. The van der Waals surface area contributed by atoms with Gasteiger partial charge >= 0.3 is 0 Å². The molecule has 0 aromatic heterocycles. The van der Waals surface area contributed by atoms with E-state index in [1.165, 1.54) is 0 Å². The number of hydrogen-bond donors (Lipinski definition) is 2. The zero-order chi connectivity index (χ0) is 4.41. The van der Waals surface area contributed by atoms with Gasteiger partial charge in [0.25, 0.3) is 0 Å². The molecule has 1 aliphatic rings. The number of nitrogens with two attached hydrogens (primary N) is 1. The van der Waals surface area contributed by atoms with Gasteiger partial charge in [0, 0.05) is 12.6 Å². The molecular weight excluding hydrogens is 76.1 g/mol. The second kappa shape index (κ2) is 1.30. The summed E-state index contributed by atoms with van der Waals surface area (Å²) < 4.78 is 0. The van der Waals surface area contributed by atoms with Crippen LogP contribution < -0.4 is 11.1 Å². The molecule has 0 unspecified atom stereocenters. The van der Waals surface area contributed by atoms with E-state index in [0.29, 0.717) is 0 Å². The predicted molar refractivity (Wildman–Crippen MR) is 25.1 cm³/mol. The number of rotatable bonds is 0. The van der Waals surface area contributed by atoms with Crippen molar-refractivity contribution in [3.63, 3.8) is 0 Å². The Hall–Kier alpha value is -0.500. The van der Waals surface area contributed by atoms with Crippen LogP contribution in [-0.2, 0) is 0 Å². The van der Waals surface area contributed by atoms with Crippen LogP contribution in [0.15, 0.2) is 12.3 Å². The van der Waals surface area contributed by atoms with Gasteiger partial charge in [-0.1, -0.05) is 6.08 Å². The maximum absolute atomic E-state index is 5.39. The van der Waals surface area contributed by atoms with Gasteiger partial charge < -0.3 is 11.1 Å². The van der Waals surface area contributed by atoms with Crippen molar-refractivity contribution < 1.29 is 0 Å². The molecule has 0 spiro atoms. The minimum Gasteiger partial charge on any atom is -0.389 e. The molecule has 2 heteroatoms. The Balaban J connectivity index is 2.38. The first-order valence-electron chi connectivity index (χ1n) is 2.05. The molecule has 1 rings (SSSR count). The molecule has 0 aromatic rings. The van der Waals surface area contributed by atoms with Crippen LogP contribution in [0.3, 0.4) is 0 Å². The van der Waals surface area contributed by atoms with Crippen molar-refractivity contribution in [1.82, 2.24) is 5.32 Å².